The lowest BCUT2D eigenvalue weighted by Crippen LogP contribution is -2.05. The lowest BCUT2D eigenvalue weighted by molar-refractivity contribution is -0.384. The van der Waals surface area contributed by atoms with Crippen LogP contribution in [0, 0.1) is 10.1 Å². The second kappa shape index (κ2) is 6.69. The first-order valence-corrected chi connectivity index (χ1v) is 7.18. The van der Waals surface area contributed by atoms with Crippen LogP contribution in [0.1, 0.15) is 24.1 Å². The Balaban J connectivity index is 2.09. The van der Waals surface area contributed by atoms with Crippen molar-refractivity contribution in [3.8, 4) is 5.75 Å². The van der Waals surface area contributed by atoms with Gasteiger partial charge in [-0.2, -0.15) is 0 Å². The summed E-state index contributed by atoms with van der Waals surface area (Å²) in [6.45, 7) is 2.23. The number of non-ortho nitro benzene ring substituents is 1. The Morgan fingerprint density at radius 1 is 1.33 bits per heavy atom. The number of nitro groups is 1. The minimum atomic E-state index is -0.429. The molecule has 0 spiro atoms. The molecule has 0 unspecified atom stereocenters. The van der Waals surface area contributed by atoms with Crippen LogP contribution in [0.15, 0.2) is 46.9 Å². The molecule has 2 rings (SSSR count). The first-order valence-electron chi connectivity index (χ1n) is 6.38. The topological polar surface area (TPSA) is 78.4 Å². The summed E-state index contributed by atoms with van der Waals surface area (Å²) < 4.78 is 6.36. The van der Waals surface area contributed by atoms with E-state index in [9.17, 15) is 10.1 Å². The summed E-state index contributed by atoms with van der Waals surface area (Å²) in [5.74, 6) is 0.718. The fourth-order valence-corrected chi connectivity index (χ4v) is 2.30. The number of hydrogen-bond donors (Lipinski definition) is 1. The molecule has 0 aliphatic carbocycles. The molecule has 2 aromatic rings. The van der Waals surface area contributed by atoms with Crippen molar-refractivity contribution in [3.63, 3.8) is 0 Å². The van der Waals surface area contributed by atoms with Gasteiger partial charge in [0, 0.05) is 28.2 Å². The third-order valence-electron chi connectivity index (χ3n) is 3.03. The fourth-order valence-electron chi connectivity index (χ4n) is 1.82. The zero-order valence-corrected chi connectivity index (χ0v) is 13.0. The molecule has 0 fully saturated rings. The highest BCUT2D eigenvalue weighted by molar-refractivity contribution is 9.10. The molecule has 0 bridgehead atoms. The third kappa shape index (κ3) is 4.03. The molecule has 6 heteroatoms. The summed E-state index contributed by atoms with van der Waals surface area (Å²) >= 11 is 3.32. The van der Waals surface area contributed by atoms with Gasteiger partial charge in [-0.3, -0.25) is 10.1 Å². The molecule has 0 aliphatic heterocycles. The predicted octanol–water partition coefficient (Wildman–Crippen LogP) is 3.96. The molecular formula is C15H15BrN2O3. The van der Waals surface area contributed by atoms with Gasteiger partial charge in [-0.05, 0) is 30.7 Å². The molecule has 2 aromatic carbocycles. The monoisotopic (exact) mass is 350 g/mol. The van der Waals surface area contributed by atoms with Crippen molar-refractivity contribution in [3.05, 3.63) is 68.2 Å². The summed E-state index contributed by atoms with van der Waals surface area (Å²) in [4.78, 5) is 10.3. The standard InChI is InChI=1S/C15H15BrN2O3/c1-10(17)11-3-2-4-14(7-11)21-9-12-5-6-13(18(19)20)8-15(12)16/h2-8,10H,9,17H2,1H3/t10-/m1/s1. The average molecular weight is 351 g/mol. The molecule has 0 aromatic heterocycles. The molecule has 0 saturated carbocycles. The third-order valence-corrected chi connectivity index (χ3v) is 3.76. The molecule has 0 radical (unpaired) electrons. The second-order valence-corrected chi connectivity index (χ2v) is 5.54. The van der Waals surface area contributed by atoms with Gasteiger partial charge in [-0.25, -0.2) is 0 Å². The van der Waals surface area contributed by atoms with E-state index in [-0.39, 0.29) is 11.7 Å². The molecule has 1 atom stereocenters. The SMILES string of the molecule is C[C@@H](N)c1cccc(OCc2ccc([N+](=O)[O-])cc2Br)c1. The van der Waals surface area contributed by atoms with E-state index in [2.05, 4.69) is 15.9 Å². The average Bonchev–Trinajstić information content (AvgIpc) is 2.46. The summed E-state index contributed by atoms with van der Waals surface area (Å²) in [5.41, 5.74) is 7.71. The molecular weight excluding hydrogens is 336 g/mol. The van der Waals surface area contributed by atoms with Gasteiger partial charge < -0.3 is 10.5 Å². The Hall–Kier alpha value is -1.92. The highest BCUT2D eigenvalue weighted by atomic mass is 79.9. The lowest BCUT2D eigenvalue weighted by atomic mass is 10.1. The summed E-state index contributed by atoms with van der Waals surface area (Å²) in [6, 6.07) is 12.1. The maximum Gasteiger partial charge on any atom is 0.270 e. The van der Waals surface area contributed by atoms with Crippen LogP contribution >= 0.6 is 15.9 Å². The van der Waals surface area contributed by atoms with Crippen molar-refractivity contribution in [2.75, 3.05) is 0 Å². The van der Waals surface area contributed by atoms with Crippen LogP contribution in [-0.4, -0.2) is 4.92 Å². The maximum absolute atomic E-state index is 10.7. The maximum atomic E-state index is 10.7. The van der Waals surface area contributed by atoms with Crippen molar-refractivity contribution >= 4 is 21.6 Å². The first-order chi connectivity index (χ1) is 9.97. The van der Waals surface area contributed by atoms with Gasteiger partial charge in [-0.15, -0.1) is 0 Å². The predicted molar refractivity (Wildman–Crippen MR) is 84.2 cm³/mol. The highest BCUT2D eigenvalue weighted by Crippen LogP contribution is 2.25. The number of ether oxygens (including phenoxy) is 1. The molecule has 0 saturated heterocycles. The van der Waals surface area contributed by atoms with Gasteiger partial charge in [0.05, 0.1) is 4.92 Å². The van der Waals surface area contributed by atoms with E-state index in [0.29, 0.717) is 11.1 Å². The van der Waals surface area contributed by atoms with Crippen molar-refractivity contribution in [2.45, 2.75) is 19.6 Å². The fraction of sp³-hybridized carbons (Fsp3) is 0.200. The number of nitrogens with two attached hydrogens (primary N) is 1. The van der Waals surface area contributed by atoms with E-state index in [1.165, 1.54) is 12.1 Å². The van der Waals surface area contributed by atoms with Crippen molar-refractivity contribution < 1.29 is 9.66 Å². The quantitative estimate of drug-likeness (QED) is 0.653. The van der Waals surface area contributed by atoms with Gasteiger partial charge in [0.2, 0.25) is 0 Å². The van der Waals surface area contributed by atoms with E-state index in [1.54, 1.807) is 6.07 Å². The Bertz CT molecular complexity index is 659. The van der Waals surface area contributed by atoms with Gasteiger partial charge in [0.1, 0.15) is 12.4 Å². The molecule has 0 aliphatic rings. The molecule has 2 N–H and O–H groups in total. The molecule has 5 nitrogen and oxygen atoms in total. The lowest BCUT2D eigenvalue weighted by Gasteiger charge is -2.11. The van der Waals surface area contributed by atoms with Crippen molar-refractivity contribution in [1.82, 2.24) is 0 Å². The van der Waals surface area contributed by atoms with Gasteiger partial charge in [0.25, 0.3) is 5.69 Å². The molecule has 0 amide bonds. The first kappa shape index (κ1) is 15.5. The summed E-state index contributed by atoms with van der Waals surface area (Å²) in [7, 11) is 0. The van der Waals surface area contributed by atoms with Crippen LogP contribution in [0.5, 0.6) is 5.75 Å². The Kier molecular flexibility index (Phi) is 4.93. The number of benzene rings is 2. The largest absolute Gasteiger partial charge is 0.489 e. The second-order valence-electron chi connectivity index (χ2n) is 4.68. The van der Waals surface area contributed by atoms with E-state index in [4.69, 9.17) is 10.5 Å². The Labute approximate surface area is 131 Å². The van der Waals surface area contributed by atoms with Crippen molar-refractivity contribution in [1.29, 1.82) is 0 Å². The Morgan fingerprint density at radius 3 is 2.71 bits per heavy atom. The Morgan fingerprint density at radius 2 is 2.10 bits per heavy atom. The molecule has 21 heavy (non-hydrogen) atoms. The van der Waals surface area contributed by atoms with E-state index in [1.807, 2.05) is 31.2 Å². The smallest absolute Gasteiger partial charge is 0.270 e. The van der Waals surface area contributed by atoms with E-state index >= 15 is 0 Å². The van der Waals surface area contributed by atoms with Crippen molar-refractivity contribution in [2.24, 2.45) is 5.73 Å². The molecule has 0 heterocycles. The molecule has 110 valence electrons. The van der Waals surface area contributed by atoms with E-state index in [0.717, 1.165) is 16.9 Å². The summed E-state index contributed by atoms with van der Waals surface area (Å²) in [6.07, 6.45) is 0. The number of rotatable bonds is 5. The van der Waals surface area contributed by atoms with E-state index < -0.39 is 4.92 Å². The zero-order chi connectivity index (χ0) is 15.4. The summed E-state index contributed by atoms with van der Waals surface area (Å²) in [5, 5.41) is 10.7. The van der Waals surface area contributed by atoms with Crippen LogP contribution in [-0.2, 0) is 6.61 Å². The number of halogens is 1. The number of nitro benzene ring substituents is 1. The van der Waals surface area contributed by atoms with Crippen LogP contribution in [0.25, 0.3) is 0 Å². The normalized spacial score (nSPS) is 12.0. The van der Waals surface area contributed by atoms with Crippen LogP contribution in [0.2, 0.25) is 0 Å². The number of nitrogens with zero attached hydrogens (tertiary/aromatic N) is 1. The zero-order valence-electron chi connectivity index (χ0n) is 11.5. The van der Waals surface area contributed by atoms with Crippen LogP contribution < -0.4 is 10.5 Å². The minimum absolute atomic E-state index is 0.0459. The van der Waals surface area contributed by atoms with Gasteiger partial charge in [-0.1, -0.05) is 28.1 Å². The number of hydrogen-bond acceptors (Lipinski definition) is 4. The van der Waals surface area contributed by atoms with Gasteiger partial charge in [0.15, 0.2) is 0 Å². The van der Waals surface area contributed by atoms with Crippen LogP contribution in [0.4, 0.5) is 5.69 Å². The minimum Gasteiger partial charge on any atom is -0.489 e. The van der Waals surface area contributed by atoms with Crippen LogP contribution in [0.3, 0.4) is 0 Å². The van der Waals surface area contributed by atoms with Gasteiger partial charge >= 0.3 is 0 Å². The highest BCUT2D eigenvalue weighted by Gasteiger charge is 2.09.